The summed E-state index contributed by atoms with van der Waals surface area (Å²) in [5.74, 6) is -1.59. The van der Waals surface area contributed by atoms with Gasteiger partial charge in [-0.2, -0.15) is 0 Å². The largest absolute Gasteiger partial charge is 0.464 e. The molecular weight excluding hydrogens is 293 g/mol. The van der Waals surface area contributed by atoms with Gasteiger partial charge in [-0.1, -0.05) is 11.6 Å². The minimum Gasteiger partial charge on any atom is -0.464 e. The van der Waals surface area contributed by atoms with Crippen LogP contribution in [0.1, 0.15) is 15.5 Å². The molecule has 0 saturated heterocycles. The Morgan fingerprint density at radius 1 is 1.53 bits per heavy atom. The maximum atomic E-state index is 14.0. The molecule has 0 aliphatic heterocycles. The van der Waals surface area contributed by atoms with Crippen molar-refractivity contribution in [2.75, 3.05) is 12.8 Å². The normalized spacial score (nSPS) is 10.5. The second-order valence-electron chi connectivity index (χ2n) is 3.59. The summed E-state index contributed by atoms with van der Waals surface area (Å²) in [6.07, 6.45) is 0. The molecule has 8 heteroatoms. The highest BCUT2D eigenvalue weighted by atomic mass is 35.5. The number of nitrogens with two attached hydrogens (primary N) is 1. The van der Waals surface area contributed by atoms with Crippen molar-refractivity contribution in [2.45, 2.75) is 6.92 Å². The Kier molecular flexibility index (Phi) is 3.68. The second kappa shape index (κ2) is 5.10. The van der Waals surface area contributed by atoms with E-state index < -0.39 is 11.8 Å². The van der Waals surface area contributed by atoms with Crippen molar-refractivity contribution in [1.29, 1.82) is 0 Å². The summed E-state index contributed by atoms with van der Waals surface area (Å²) in [6.45, 7) is 1.77. The molecule has 2 heterocycles. The van der Waals surface area contributed by atoms with E-state index in [0.29, 0.717) is 5.69 Å². The highest BCUT2D eigenvalue weighted by Crippen LogP contribution is 2.32. The zero-order chi connectivity index (χ0) is 14.2. The lowest BCUT2D eigenvalue weighted by atomic mass is 10.2. The molecule has 2 aromatic heterocycles. The van der Waals surface area contributed by atoms with Crippen LogP contribution in [0.15, 0.2) is 5.38 Å². The van der Waals surface area contributed by atoms with Crippen LogP contribution in [-0.4, -0.2) is 23.0 Å². The third-order valence-corrected chi connectivity index (χ3v) is 3.51. The number of halogens is 2. The number of aryl methyl sites for hydroxylation is 1. The first-order chi connectivity index (χ1) is 8.95. The lowest BCUT2D eigenvalue weighted by Gasteiger charge is -2.08. The van der Waals surface area contributed by atoms with Gasteiger partial charge in [-0.3, -0.25) is 0 Å². The van der Waals surface area contributed by atoms with E-state index in [0.717, 1.165) is 5.01 Å². The quantitative estimate of drug-likeness (QED) is 0.863. The third-order valence-electron chi connectivity index (χ3n) is 2.35. The number of pyridine rings is 1. The second-order valence-corrected chi connectivity index (χ2v) is 5.03. The fourth-order valence-corrected chi connectivity index (χ4v) is 2.24. The number of thiazole rings is 1. The summed E-state index contributed by atoms with van der Waals surface area (Å²) in [5.41, 5.74) is 5.14. The van der Waals surface area contributed by atoms with Crippen LogP contribution in [0.4, 0.5) is 10.1 Å². The van der Waals surface area contributed by atoms with Gasteiger partial charge < -0.3 is 10.5 Å². The van der Waals surface area contributed by atoms with Gasteiger partial charge in [-0.15, -0.1) is 11.3 Å². The van der Waals surface area contributed by atoms with Crippen molar-refractivity contribution < 1.29 is 13.9 Å². The molecule has 0 radical (unpaired) electrons. The zero-order valence-corrected chi connectivity index (χ0v) is 11.6. The number of ether oxygens (including phenoxy) is 1. The zero-order valence-electron chi connectivity index (χ0n) is 10.0. The number of aromatic nitrogens is 2. The number of carbonyl (C=O) groups is 1. The number of rotatable bonds is 2. The van der Waals surface area contributed by atoms with Crippen LogP contribution >= 0.6 is 22.9 Å². The fraction of sp³-hybridized carbons (Fsp3) is 0.182. The molecule has 0 aliphatic rings. The molecule has 0 spiro atoms. The van der Waals surface area contributed by atoms with E-state index in [1.807, 2.05) is 0 Å². The molecule has 0 fully saturated rings. The topological polar surface area (TPSA) is 78.1 Å². The first kappa shape index (κ1) is 13.7. The number of nitrogens with zero attached hydrogens (tertiary/aromatic N) is 2. The van der Waals surface area contributed by atoms with Crippen LogP contribution < -0.4 is 5.73 Å². The molecule has 5 nitrogen and oxygen atoms in total. The summed E-state index contributed by atoms with van der Waals surface area (Å²) < 4.78 is 18.6. The van der Waals surface area contributed by atoms with Crippen LogP contribution in [0, 0.1) is 12.7 Å². The SMILES string of the molecule is COC(=O)c1nc(-c2csc(C)n2)c(F)c(N)c1Cl. The Morgan fingerprint density at radius 2 is 2.21 bits per heavy atom. The summed E-state index contributed by atoms with van der Waals surface area (Å²) in [5, 5.41) is 2.10. The maximum Gasteiger partial charge on any atom is 0.358 e. The Hall–Kier alpha value is -1.73. The third kappa shape index (κ3) is 2.39. The van der Waals surface area contributed by atoms with Crippen molar-refractivity contribution in [2.24, 2.45) is 0 Å². The minimum atomic E-state index is -0.803. The number of anilines is 1. The van der Waals surface area contributed by atoms with Crippen molar-refractivity contribution in [3.63, 3.8) is 0 Å². The van der Waals surface area contributed by atoms with E-state index in [2.05, 4.69) is 14.7 Å². The highest BCUT2D eigenvalue weighted by molar-refractivity contribution is 7.09. The summed E-state index contributed by atoms with van der Waals surface area (Å²) in [7, 11) is 1.17. The van der Waals surface area contributed by atoms with Gasteiger partial charge in [-0.05, 0) is 6.92 Å². The molecule has 2 N–H and O–H groups in total. The van der Waals surface area contributed by atoms with Crippen LogP contribution in [0.2, 0.25) is 5.02 Å². The molecule has 0 unspecified atom stereocenters. The molecule has 0 atom stereocenters. The van der Waals surface area contributed by atoms with E-state index in [-0.39, 0.29) is 22.1 Å². The maximum absolute atomic E-state index is 14.0. The Bertz CT molecular complexity index is 660. The Morgan fingerprint density at radius 3 is 2.74 bits per heavy atom. The van der Waals surface area contributed by atoms with Crippen LogP contribution in [-0.2, 0) is 4.74 Å². The first-order valence-corrected chi connectivity index (χ1v) is 6.36. The average Bonchev–Trinajstić information content (AvgIpc) is 2.82. The van der Waals surface area contributed by atoms with Gasteiger partial charge in [0.05, 0.1) is 22.8 Å². The molecule has 2 aromatic rings. The molecule has 100 valence electrons. The number of carbonyl (C=O) groups excluding carboxylic acids is 1. The van der Waals surface area contributed by atoms with E-state index in [4.69, 9.17) is 17.3 Å². The molecule has 0 amide bonds. The van der Waals surface area contributed by atoms with E-state index in [1.54, 1.807) is 12.3 Å². The molecule has 0 aromatic carbocycles. The summed E-state index contributed by atoms with van der Waals surface area (Å²) in [4.78, 5) is 19.5. The van der Waals surface area contributed by atoms with Gasteiger partial charge >= 0.3 is 5.97 Å². The van der Waals surface area contributed by atoms with Crippen LogP contribution in [0.25, 0.3) is 11.4 Å². The molecule has 0 aliphatic carbocycles. The smallest absolute Gasteiger partial charge is 0.358 e. The monoisotopic (exact) mass is 301 g/mol. The van der Waals surface area contributed by atoms with Gasteiger partial charge in [0, 0.05) is 5.38 Å². The Balaban J connectivity index is 2.68. The number of methoxy groups -OCH3 is 1. The molecule has 0 bridgehead atoms. The average molecular weight is 302 g/mol. The number of hydrogen-bond donors (Lipinski definition) is 1. The summed E-state index contributed by atoms with van der Waals surface area (Å²) in [6, 6.07) is 0. The molecule has 19 heavy (non-hydrogen) atoms. The number of nitrogen functional groups attached to an aromatic ring is 1. The van der Waals surface area contributed by atoms with Gasteiger partial charge in [0.2, 0.25) is 0 Å². The first-order valence-electron chi connectivity index (χ1n) is 5.11. The van der Waals surface area contributed by atoms with Gasteiger partial charge in [0.1, 0.15) is 11.4 Å². The van der Waals surface area contributed by atoms with Crippen LogP contribution in [0.5, 0.6) is 0 Å². The van der Waals surface area contributed by atoms with Crippen molar-refractivity contribution >= 4 is 34.6 Å². The predicted molar refractivity (Wildman–Crippen MR) is 70.8 cm³/mol. The standard InChI is InChI=1S/C11H9ClFN3O2S/c1-4-15-5(3-19-4)9-7(13)8(14)6(12)10(16-9)11(17)18-2/h3H,1-2H3,(H2,14,16). The fourth-order valence-electron chi connectivity index (χ4n) is 1.44. The summed E-state index contributed by atoms with van der Waals surface area (Å²) >= 11 is 7.12. The lowest BCUT2D eigenvalue weighted by Crippen LogP contribution is -2.10. The van der Waals surface area contributed by atoms with Crippen molar-refractivity contribution in [1.82, 2.24) is 9.97 Å². The van der Waals surface area contributed by atoms with E-state index >= 15 is 0 Å². The van der Waals surface area contributed by atoms with Crippen LogP contribution in [0.3, 0.4) is 0 Å². The van der Waals surface area contributed by atoms with Gasteiger partial charge in [0.25, 0.3) is 0 Å². The van der Waals surface area contributed by atoms with Crippen molar-refractivity contribution in [3.8, 4) is 11.4 Å². The highest BCUT2D eigenvalue weighted by Gasteiger charge is 2.23. The van der Waals surface area contributed by atoms with Crippen molar-refractivity contribution in [3.05, 3.63) is 26.9 Å². The minimum absolute atomic E-state index is 0.119. The Labute approximate surface area is 117 Å². The molecular formula is C11H9ClFN3O2S. The number of esters is 1. The molecule has 2 rings (SSSR count). The van der Waals surface area contributed by atoms with Gasteiger partial charge in [-0.25, -0.2) is 19.2 Å². The molecule has 0 saturated carbocycles. The van der Waals surface area contributed by atoms with Gasteiger partial charge in [0.15, 0.2) is 11.5 Å². The lowest BCUT2D eigenvalue weighted by molar-refractivity contribution is 0.0594. The predicted octanol–water partition coefficient (Wildman–Crippen LogP) is 2.67. The van der Waals surface area contributed by atoms with E-state index in [9.17, 15) is 9.18 Å². The number of hydrogen-bond acceptors (Lipinski definition) is 6. The van der Waals surface area contributed by atoms with E-state index in [1.165, 1.54) is 18.4 Å².